The molecule has 2 fully saturated rings. The van der Waals surface area contributed by atoms with E-state index in [9.17, 15) is 35.7 Å². The predicted octanol–water partition coefficient (Wildman–Crippen LogP) is 1.11. The molecule has 0 spiro atoms. The molecule has 0 radical (unpaired) electrons. The zero-order chi connectivity index (χ0) is 30.3. The molecule has 232 valence electrons. The highest BCUT2D eigenvalue weighted by Crippen LogP contribution is 2.52. The summed E-state index contributed by atoms with van der Waals surface area (Å²) >= 11 is 0. The molecule has 2 rings (SSSR count). The lowest BCUT2D eigenvalue weighted by molar-refractivity contribution is -0.442. The lowest BCUT2D eigenvalue weighted by Crippen LogP contribution is -2.83. The van der Waals surface area contributed by atoms with E-state index in [1.807, 2.05) is 0 Å². The van der Waals surface area contributed by atoms with Gasteiger partial charge in [0.1, 0.15) is 44.8 Å². The van der Waals surface area contributed by atoms with Crippen LogP contribution < -0.4 is 0 Å². The number of hydrogen-bond donors (Lipinski definition) is 7. The zero-order valence-electron chi connectivity index (χ0n) is 25.3. The summed E-state index contributed by atoms with van der Waals surface area (Å²) < 4.78 is 23.7. The molecule has 0 amide bonds. The van der Waals surface area contributed by atoms with Gasteiger partial charge in [-0.15, -0.1) is 0 Å². The van der Waals surface area contributed by atoms with E-state index >= 15 is 0 Å². The van der Waals surface area contributed by atoms with Crippen LogP contribution in [0.2, 0.25) is 0 Å². The van der Waals surface area contributed by atoms with Gasteiger partial charge in [-0.05, 0) is 61.8 Å². The summed E-state index contributed by atoms with van der Waals surface area (Å²) in [4.78, 5) is 0. The lowest BCUT2D eigenvalue weighted by atomic mass is 9.63. The highest BCUT2D eigenvalue weighted by Gasteiger charge is 2.73. The number of rotatable bonds is 12. The summed E-state index contributed by atoms with van der Waals surface area (Å²) in [6.07, 6.45) is 3.21. The maximum Gasteiger partial charge on any atom is 0.189 e. The molecule has 2 saturated heterocycles. The van der Waals surface area contributed by atoms with Gasteiger partial charge in [0.2, 0.25) is 0 Å². The third kappa shape index (κ3) is 5.43. The molecule has 10 atom stereocenters. The van der Waals surface area contributed by atoms with Crippen LogP contribution in [0.4, 0.5) is 0 Å². The highest BCUT2D eigenvalue weighted by atomic mass is 16.7. The Hall–Kier alpha value is -0.440. The monoisotopic (exact) mass is 566 g/mol. The standard InChI is InChI=1S/C28H54O11/c1-10-11-12-13-14-15-16-36-19-23(4,30)28(9,35)26(7,33)22(3,39-19)18-37-20-24(5,31)27(8,34)25(6,32)21(2,17-29)38-20/h19-20,29-35H,10-18H2,1-9H3/t19-,20-,21?,22?,23?,24?,25-,26-,27+,28+/m1/s1. The molecule has 4 unspecified atom stereocenters. The smallest absolute Gasteiger partial charge is 0.189 e. The summed E-state index contributed by atoms with van der Waals surface area (Å²) in [7, 11) is 0. The second-order valence-corrected chi connectivity index (χ2v) is 13.1. The predicted molar refractivity (Wildman–Crippen MR) is 143 cm³/mol. The molecule has 2 aliphatic heterocycles. The molecule has 2 aliphatic rings. The summed E-state index contributed by atoms with van der Waals surface area (Å²) in [6.45, 7) is 11.6. The summed E-state index contributed by atoms with van der Waals surface area (Å²) in [5.41, 5.74) is -16.2. The topological polar surface area (TPSA) is 179 Å². The van der Waals surface area contributed by atoms with Gasteiger partial charge in [0, 0.05) is 6.61 Å². The van der Waals surface area contributed by atoms with Gasteiger partial charge in [0.05, 0.1) is 13.2 Å². The Balaban J connectivity index is 2.28. The quantitative estimate of drug-likeness (QED) is 0.168. The third-order valence-corrected chi connectivity index (χ3v) is 10.2. The molecule has 0 saturated carbocycles. The van der Waals surface area contributed by atoms with Crippen molar-refractivity contribution in [2.24, 2.45) is 0 Å². The first-order valence-electron chi connectivity index (χ1n) is 14.1. The molecular weight excluding hydrogens is 512 g/mol. The molecule has 0 aromatic carbocycles. The molecule has 7 N–H and O–H groups in total. The minimum Gasteiger partial charge on any atom is -0.393 e. The molecule has 0 aliphatic carbocycles. The summed E-state index contributed by atoms with van der Waals surface area (Å²) in [5.74, 6) is 0. The Kier molecular flexibility index (Phi) is 10.1. The molecule has 11 heteroatoms. The van der Waals surface area contributed by atoms with Gasteiger partial charge in [-0.3, -0.25) is 0 Å². The van der Waals surface area contributed by atoms with Gasteiger partial charge >= 0.3 is 0 Å². The van der Waals surface area contributed by atoms with E-state index in [1.54, 1.807) is 0 Å². The van der Waals surface area contributed by atoms with Crippen molar-refractivity contribution < 1.29 is 54.7 Å². The van der Waals surface area contributed by atoms with Crippen molar-refractivity contribution in [3.63, 3.8) is 0 Å². The van der Waals surface area contributed by atoms with Crippen LogP contribution in [0.5, 0.6) is 0 Å². The Bertz CT molecular complexity index is 822. The van der Waals surface area contributed by atoms with Gasteiger partial charge in [-0.25, -0.2) is 0 Å². The van der Waals surface area contributed by atoms with E-state index in [0.29, 0.717) is 0 Å². The Morgan fingerprint density at radius 2 is 0.974 bits per heavy atom. The van der Waals surface area contributed by atoms with Gasteiger partial charge < -0.3 is 54.7 Å². The van der Waals surface area contributed by atoms with Crippen molar-refractivity contribution in [2.45, 2.75) is 158 Å². The van der Waals surface area contributed by atoms with Crippen LogP contribution in [0.25, 0.3) is 0 Å². The minimum atomic E-state index is -2.21. The third-order valence-electron chi connectivity index (χ3n) is 10.2. The second-order valence-electron chi connectivity index (χ2n) is 13.1. The van der Waals surface area contributed by atoms with Gasteiger partial charge in [0.15, 0.2) is 12.6 Å². The van der Waals surface area contributed by atoms with Crippen LogP contribution in [0.1, 0.15) is 101 Å². The van der Waals surface area contributed by atoms with E-state index in [2.05, 4.69) is 6.92 Å². The van der Waals surface area contributed by atoms with E-state index in [1.165, 1.54) is 61.8 Å². The molecule has 39 heavy (non-hydrogen) atoms. The van der Waals surface area contributed by atoms with Crippen molar-refractivity contribution in [3.05, 3.63) is 0 Å². The maximum atomic E-state index is 11.6. The molecule has 0 aromatic heterocycles. The fourth-order valence-corrected chi connectivity index (χ4v) is 5.47. The van der Waals surface area contributed by atoms with E-state index in [0.717, 1.165) is 32.1 Å². The number of aliphatic hydroxyl groups excluding tert-OH is 1. The number of ether oxygens (including phenoxy) is 4. The highest BCUT2D eigenvalue weighted by molar-refractivity contribution is 5.20. The lowest BCUT2D eigenvalue weighted by Gasteiger charge is -2.63. The van der Waals surface area contributed by atoms with Crippen molar-refractivity contribution in [3.8, 4) is 0 Å². The Morgan fingerprint density at radius 3 is 1.46 bits per heavy atom. The van der Waals surface area contributed by atoms with Gasteiger partial charge in [-0.2, -0.15) is 0 Å². The molecule has 0 bridgehead atoms. The second kappa shape index (κ2) is 11.3. The maximum absolute atomic E-state index is 11.6. The minimum absolute atomic E-state index is 0.259. The first-order chi connectivity index (χ1) is 17.5. The first kappa shape index (κ1) is 34.8. The van der Waals surface area contributed by atoms with Crippen LogP contribution in [0.15, 0.2) is 0 Å². The molecular formula is C28H54O11. The van der Waals surface area contributed by atoms with Crippen molar-refractivity contribution in [2.75, 3.05) is 19.8 Å². The van der Waals surface area contributed by atoms with Crippen molar-refractivity contribution in [1.82, 2.24) is 0 Å². The number of hydrogen-bond acceptors (Lipinski definition) is 11. The van der Waals surface area contributed by atoms with Crippen LogP contribution in [0.3, 0.4) is 0 Å². The average molecular weight is 567 g/mol. The first-order valence-corrected chi connectivity index (χ1v) is 14.1. The van der Waals surface area contributed by atoms with Crippen LogP contribution >= 0.6 is 0 Å². The van der Waals surface area contributed by atoms with Gasteiger partial charge in [0.25, 0.3) is 0 Å². The van der Waals surface area contributed by atoms with E-state index in [-0.39, 0.29) is 6.61 Å². The van der Waals surface area contributed by atoms with Crippen LogP contribution in [-0.2, 0) is 18.9 Å². The largest absolute Gasteiger partial charge is 0.393 e. The molecule has 11 nitrogen and oxygen atoms in total. The fraction of sp³-hybridized carbons (Fsp3) is 1.00. The normalized spacial score (nSPS) is 50.8. The number of aliphatic hydroxyl groups is 7. The van der Waals surface area contributed by atoms with Crippen molar-refractivity contribution >= 4 is 0 Å². The van der Waals surface area contributed by atoms with Crippen LogP contribution in [0, 0.1) is 0 Å². The van der Waals surface area contributed by atoms with Crippen LogP contribution in [-0.4, -0.2) is 113 Å². The molecule has 2 heterocycles. The van der Waals surface area contributed by atoms with E-state index < -0.39 is 70.6 Å². The van der Waals surface area contributed by atoms with E-state index in [4.69, 9.17) is 18.9 Å². The summed E-state index contributed by atoms with van der Waals surface area (Å²) in [5, 5.41) is 77.8. The average Bonchev–Trinajstić information content (AvgIpc) is 2.82. The SMILES string of the molecule is CCCCCCCCO[C@@H]1OC(C)(CO[C@@H]2OC(C)(CO)[C@@](C)(O)[C@@](C)(O)C2(C)O)[C@@](C)(O)[C@@](C)(O)C1(C)O. The molecule has 0 aromatic rings. The van der Waals surface area contributed by atoms with Crippen molar-refractivity contribution in [1.29, 1.82) is 0 Å². The summed E-state index contributed by atoms with van der Waals surface area (Å²) in [6, 6.07) is 0. The number of unbranched alkanes of at least 4 members (excludes halogenated alkanes) is 5. The van der Waals surface area contributed by atoms with Gasteiger partial charge in [-0.1, -0.05) is 39.0 Å². The Labute approximate surface area is 233 Å². The zero-order valence-corrected chi connectivity index (χ0v) is 25.3. The fourth-order valence-electron chi connectivity index (χ4n) is 5.47. The Morgan fingerprint density at radius 1 is 0.564 bits per heavy atom.